The van der Waals surface area contributed by atoms with Crippen molar-refractivity contribution in [3.05, 3.63) is 89.2 Å². The summed E-state index contributed by atoms with van der Waals surface area (Å²) < 4.78 is 37.4. The lowest BCUT2D eigenvalue weighted by Gasteiger charge is -2.23. The van der Waals surface area contributed by atoms with E-state index in [1.165, 1.54) is 70.6 Å². The van der Waals surface area contributed by atoms with Gasteiger partial charge in [0.15, 0.2) is 12.4 Å². The number of sulfonamides is 1. The van der Waals surface area contributed by atoms with Crippen molar-refractivity contribution in [2.75, 3.05) is 6.61 Å². The lowest BCUT2D eigenvalue weighted by Crippen LogP contribution is -3.00. The van der Waals surface area contributed by atoms with Gasteiger partial charge in [0.25, 0.3) is 0 Å². The van der Waals surface area contributed by atoms with Gasteiger partial charge in [-0.15, -0.1) is 0 Å². The number of hydrogen-bond acceptors (Lipinski definition) is 3. The predicted molar refractivity (Wildman–Crippen MR) is 178 cm³/mol. The lowest BCUT2D eigenvalue weighted by molar-refractivity contribution is -0.694. The second kappa shape index (κ2) is 20.9. The molecule has 0 radical (unpaired) electrons. The summed E-state index contributed by atoms with van der Waals surface area (Å²) in [5.74, 6) is 0.851. The first-order valence-corrected chi connectivity index (χ1v) is 18.0. The monoisotopic (exact) mass is 734 g/mol. The molecule has 244 valence electrons. The minimum absolute atomic E-state index is 0. The van der Waals surface area contributed by atoms with Crippen molar-refractivity contribution in [2.45, 2.75) is 129 Å². The van der Waals surface area contributed by atoms with Gasteiger partial charge in [-0.05, 0) is 68.7 Å². The van der Waals surface area contributed by atoms with E-state index < -0.39 is 10.0 Å². The Hall–Kier alpha value is -1.97. The minimum Gasteiger partial charge on any atom is -1.00 e. The number of ether oxygens (including phenoxy) is 1. The van der Waals surface area contributed by atoms with E-state index >= 15 is 0 Å². The van der Waals surface area contributed by atoms with Crippen molar-refractivity contribution >= 4 is 10.0 Å². The summed E-state index contributed by atoms with van der Waals surface area (Å²) in [7, 11) is -3.70. The van der Waals surface area contributed by atoms with E-state index in [2.05, 4.69) is 18.4 Å². The van der Waals surface area contributed by atoms with E-state index in [-0.39, 0.29) is 24.0 Å². The van der Waals surface area contributed by atoms with Crippen molar-refractivity contribution < 1.29 is 41.7 Å². The Bertz CT molecular complexity index is 1330. The van der Waals surface area contributed by atoms with Crippen LogP contribution in [0.2, 0.25) is 0 Å². The third kappa shape index (κ3) is 13.2. The standard InChI is InChI=1S/C37H55N2O3S.HI/c1-5-7-8-9-10-11-12-13-14-15-16-17-27-42-36-23-22-35(33(4)28-36)31-39(30-34-19-18-26-38(6-2)29-34)43(40,41)37-24-20-32(3)21-25-37;/h18-26,28-29H,5-17,27,30-31H2,1-4H3;1H/q+1;/p-1. The van der Waals surface area contributed by atoms with Gasteiger partial charge in [-0.1, -0.05) is 101 Å². The SMILES string of the molecule is CCCCCCCCCCCCCCOc1ccc(CN(Cc2ccc[n+](CC)c2)S(=O)(=O)c2ccc(C)cc2)c(C)c1.[I-]. The highest BCUT2D eigenvalue weighted by molar-refractivity contribution is 7.89. The smallest absolute Gasteiger partial charge is 0.243 e. The van der Waals surface area contributed by atoms with Crippen LogP contribution in [0.1, 0.15) is 113 Å². The van der Waals surface area contributed by atoms with E-state index in [1.807, 2.05) is 68.7 Å². The maximum Gasteiger partial charge on any atom is 0.243 e. The van der Waals surface area contributed by atoms with E-state index in [0.29, 0.717) is 18.0 Å². The highest BCUT2D eigenvalue weighted by Crippen LogP contribution is 2.25. The fraction of sp³-hybridized carbons (Fsp3) is 0.541. The van der Waals surface area contributed by atoms with Crippen LogP contribution < -0.4 is 33.3 Å². The Morgan fingerprint density at radius 3 is 1.95 bits per heavy atom. The van der Waals surface area contributed by atoms with Crippen molar-refractivity contribution in [1.29, 1.82) is 0 Å². The van der Waals surface area contributed by atoms with Crippen LogP contribution in [0.3, 0.4) is 0 Å². The van der Waals surface area contributed by atoms with Gasteiger partial charge in [0.2, 0.25) is 10.0 Å². The fourth-order valence-electron chi connectivity index (χ4n) is 5.41. The van der Waals surface area contributed by atoms with E-state index in [9.17, 15) is 8.42 Å². The summed E-state index contributed by atoms with van der Waals surface area (Å²) in [6.45, 7) is 10.5. The van der Waals surface area contributed by atoms with Gasteiger partial charge in [-0.25, -0.2) is 13.0 Å². The van der Waals surface area contributed by atoms with Gasteiger partial charge in [0.1, 0.15) is 12.3 Å². The average Bonchev–Trinajstić information content (AvgIpc) is 3.00. The van der Waals surface area contributed by atoms with Crippen LogP contribution in [-0.2, 0) is 29.7 Å². The molecule has 7 heteroatoms. The molecule has 0 fully saturated rings. The molecule has 1 aromatic heterocycles. The number of benzene rings is 2. The fourth-order valence-corrected chi connectivity index (χ4v) is 6.82. The van der Waals surface area contributed by atoms with Gasteiger partial charge >= 0.3 is 0 Å². The van der Waals surface area contributed by atoms with Gasteiger partial charge in [-0.2, -0.15) is 4.31 Å². The summed E-state index contributed by atoms with van der Waals surface area (Å²) in [4.78, 5) is 0.317. The van der Waals surface area contributed by atoms with Gasteiger partial charge in [-0.3, -0.25) is 0 Å². The van der Waals surface area contributed by atoms with Crippen molar-refractivity contribution in [3.63, 3.8) is 0 Å². The topological polar surface area (TPSA) is 50.5 Å². The maximum atomic E-state index is 13.8. The highest BCUT2D eigenvalue weighted by Gasteiger charge is 2.26. The molecule has 0 saturated carbocycles. The number of nitrogens with zero attached hydrogens (tertiary/aromatic N) is 2. The van der Waals surface area contributed by atoms with Crippen molar-refractivity contribution in [2.24, 2.45) is 0 Å². The first kappa shape index (κ1) is 38.2. The first-order chi connectivity index (χ1) is 20.8. The summed E-state index contributed by atoms with van der Waals surface area (Å²) in [5.41, 5.74) is 4.01. The number of rotatable bonds is 21. The molecule has 0 aliphatic rings. The molecule has 0 spiro atoms. The van der Waals surface area contributed by atoms with Crippen LogP contribution >= 0.6 is 0 Å². The van der Waals surface area contributed by atoms with Gasteiger partial charge in [0.05, 0.1) is 11.5 Å². The van der Waals surface area contributed by atoms with Gasteiger partial charge in [0, 0.05) is 24.7 Å². The van der Waals surface area contributed by atoms with Crippen LogP contribution in [0, 0.1) is 13.8 Å². The zero-order chi connectivity index (χ0) is 30.9. The molecule has 3 aromatic rings. The van der Waals surface area contributed by atoms with Crippen LogP contribution in [0.15, 0.2) is 71.9 Å². The molecular formula is C37H55IN2O3S. The summed E-state index contributed by atoms with van der Waals surface area (Å²) in [6.07, 6.45) is 19.9. The molecule has 3 rings (SSSR count). The van der Waals surface area contributed by atoms with E-state index in [1.54, 1.807) is 16.4 Å². The normalized spacial score (nSPS) is 11.5. The number of halogens is 1. The molecule has 0 N–H and O–H groups in total. The summed E-state index contributed by atoms with van der Waals surface area (Å²) in [5, 5.41) is 0. The zero-order valence-corrected chi connectivity index (χ0v) is 30.5. The van der Waals surface area contributed by atoms with E-state index in [0.717, 1.165) is 47.6 Å². The highest BCUT2D eigenvalue weighted by atomic mass is 127. The Kier molecular flexibility index (Phi) is 18.2. The molecule has 0 saturated heterocycles. The molecule has 0 atom stereocenters. The number of pyridine rings is 1. The molecule has 0 aliphatic heterocycles. The van der Waals surface area contributed by atoms with E-state index in [4.69, 9.17) is 4.74 Å². The maximum absolute atomic E-state index is 13.8. The minimum atomic E-state index is -3.70. The first-order valence-electron chi connectivity index (χ1n) is 16.6. The number of aryl methyl sites for hydroxylation is 3. The largest absolute Gasteiger partial charge is 1.00 e. The van der Waals surface area contributed by atoms with Crippen molar-refractivity contribution in [1.82, 2.24) is 4.31 Å². The second-order valence-corrected chi connectivity index (χ2v) is 13.9. The van der Waals surface area contributed by atoms with Gasteiger partial charge < -0.3 is 28.7 Å². The zero-order valence-electron chi connectivity index (χ0n) is 27.6. The molecule has 0 unspecified atom stereocenters. The molecule has 0 bridgehead atoms. The molecule has 44 heavy (non-hydrogen) atoms. The predicted octanol–water partition coefficient (Wildman–Crippen LogP) is 6.09. The quantitative estimate of drug-likeness (QED) is 0.0758. The average molecular weight is 735 g/mol. The Morgan fingerprint density at radius 2 is 1.36 bits per heavy atom. The third-order valence-electron chi connectivity index (χ3n) is 8.23. The number of unbranched alkanes of at least 4 members (excludes halogenated alkanes) is 11. The molecule has 0 aliphatic carbocycles. The van der Waals surface area contributed by atoms with Crippen molar-refractivity contribution in [3.8, 4) is 5.75 Å². The molecule has 1 heterocycles. The second-order valence-electron chi connectivity index (χ2n) is 12.0. The number of hydrogen-bond donors (Lipinski definition) is 0. The third-order valence-corrected chi connectivity index (χ3v) is 10.0. The summed E-state index contributed by atoms with van der Waals surface area (Å²) >= 11 is 0. The Morgan fingerprint density at radius 1 is 0.750 bits per heavy atom. The molecular weight excluding hydrogens is 679 g/mol. The lowest BCUT2D eigenvalue weighted by atomic mass is 10.1. The summed E-state index contributed by atoms with van der Waals surface area (Å²) in [6, 6.07) is 17.1. The van der Waals surface area contributed by atoms with Crippen LogP contribution in [0.4, 0.5) is 0 Å². The number of aromatic nitrogens is 1. The Labute approximate surface area is 285 Å². The van der Waals surface area contributed by atoms with Crippen LogP contribution in [0.25, 0.3) is 0 Å². The molecule has 2 aromatic carbocycles. The molecule has 0 amide bonds. The Balaban J connectivity index is 0.00000675. The van der Waals surface area contributed by atoms with Crippen LogP contribution in [0.5, 0.6) is 5.75 Å². The van der Waals surface area contributed by atoms with Crippen LogP contribution in [-0.4, -0.2) is 19.3 Å². The molecule has 5 nitrogen and oxygen atoms in total.